The number of nitrogens with zero attached hydrogens (tertiary/aromatic N) is 1. The summed E-state index contributed by atoms with van der Waals surface area (Å²) in [5, 5.41) is 7.17. The van der Waals surface area contributed by atoms with Crippen molar-refractivity contribution in [3.8, 4) is 0 Å². The molecule has 28 heavy (non-hydrogen) atoms. The van der Waals surface area contributed by atoms with Gasteiger partial charge in [0.05, 0.1) is 5.02 Å². The van der Waals surface area contributed by atoms with Gasteiger partial charge in [0, 0.05) is 30.5 Å². The molecule has 0 unspecified atom stereocenters. The molecule has 3 nitrogen and oxygen atoms in total. The Kier molecular flexibility index (Phi) is 8.76. The number of halogens is 2. The molecule has 1 aromatic heterocycles. The first-order valence-electron chi connectivity index (χ1n) is 9.46. The SMILES string of the molecule is CC/C=C(/C=C\C=C(/C)c1cc(NCC)ncc1Cl)NCc1cccc(F)c1. The maximum atomic E-state index is 13.3. The second kappa shape index (κ2) is 11.3. The third-order valence-corrected chi connectivity index (χ3v) is 4.37. The van der Waals surface area contributed by atoms with Crippen molar-refractivity contribution >= 4 is 23.0 Å². The zero-order valence-corrected chi connectivity index (χ0v) is 17.4. The van der Waals surface area contributed by atoms with Crippen LogP contribution in [0, 0.1) is 5.82 Å². The van der Waals surface area contributed by atoms with Crippen molar-refractivity contribution in [1.29, 1.82) is 0 Å². The minimum absolute atomic E-state index is 0.222. The lowest BCUT2D eigenvalue weighted by Crippen LogP contribution is -2.11. The molecule has 0 aliphatic carbocycles. The van der Waals surface area contributed by atoms with Crippen LogP contribution < -0.4 is 10.6 Å². The van der Waals surface area contributed by atoms with Crippen molar-refractivity contribution in [2.45, 2.75) is 33.7 Å². The molecule has 148 valence electrons. The van der Waals surface area contributed by atoms with Gasteiger partial charge in [0.1, 0.15) is 11.6 Å². The first-order valence-corrected chi connectivity index (χ1v) is 9.84. The van der Waals surface area contributed by atoms with Gasteiger partial charge in [-0.05, 0) is 55.7 Å². The van der Waals surface area contributed by atoms with Crippen LogP contribution in [0.5, 0.6) is 0 Å². The number of hydrogen-bond acceptors (Lipinski definition) is 3. The predicted octanol–water partition coefficient (Wildman–Crippen LogP) is 6.35. The fourth-order valence-corrected chi connectivity index (χ4v) is 2.93. The first kappa shape index (κ1) is 21.7. The van der Waals surface area contributed by atoms with E-state index in [1.807, 2.05) is 44.2 Å². The molecule has 0 aliphatic rings. The molecule has 0 amide bonds. The zero-order valence-electron chi connectivity index (χ0n) is 16.6. The summed E-state index contributed by atoms with van der Waals surface area (Å²) in [6.07, 6.45) is 10.7. The Morgan fingerprint density at radius 2 is 2.07 bits per heavy atom. The molecule has 0 aliphatic heterocycles. The number of rotatable bonds is 9. The summed E-state index contributed by atoms with van der Waals surface area (Å²) in [5.41, 5.74) is 3.89. The van der Waals surface area contributed by atoms with Crippen LogP contribution in [0.3, 0.4) is 0 Å². The minimum Gasteiger partial charge on any atom is -0.381 e. The summed E-state index contributed by atoms with van der Waals surface area (Å²) in [7, 11) is 0. The van der Waals surface area contributed by atoms with Crippen LogP contribution in [0.4, 0.5) is 10.2 Å². The molecule has 5 heteroatoms. The fraction of sp³-hybridized carbons (Fsp3) is 0.261. The highest BCUT2D eigenvalue weighted by Crippen LogP contribution is 2.25. The molecule has 0 fully saturated rings. The highest BCUT2D eigenvalue weighted by atomic mass is 35.5. The lowest BCUT2D eigenvalue weighted by molar-refractivity contribution is 0.624. The normalized spacial score (nSPS) is 12.5. The maximum absolute atomic E-state index is 13.3. The van der Waals surface area contributed by atoms with Gasteiger partial charge < -0.3 is 10.6 Å². The summed E-state index contributed by atoms with van der Waals surface area (Å²) < 4.78 is 13.3. The Hall–Kier alpha value is -2.59. The molecule has 0 spiro atoms. The number of anilines is 1. The van der Waals surface area contributed by atoms with Crippen LogP contribution in [0.2, 0.25) is 5.02 Å². The van der Waals surface area contributed by atoms with Gasteiger partial charge in [0.25, 0.3) is 0 Å². The van der Waals surface area contributed by atoms with Gasteiger partial charge in [-0.25, -0.2) is 9.37 Å². The van der Waals surface area contributed by atoms with E-state index in [-0.39, 0.29) is 5.82 Å². The molecule has 0 saturated heterocycles. The van der Waals surface area contributed by atoms with Crippen LogP contribution >= 0.6 is 11.6 Å². The van der Waals surface area contributed by atoms with Crippen LogP contribution in [0.25, 0.3) is 5.57 Å². The van der Waals surface area contributed by atoms with E-state index in [4.69, 9.17) is 11.6 Å². The third kappa shape index (κ3) is 6.86. The number of benzene rings is 1. The second-order valence-corrected chi connectivity index (χ2v) is 6.75. The molecule has 1 aromatic carbocycles. The first-order chi connectivity index (χ1) is 13.5. The quantitative estimate of drug-likeness (QED) is 0.482. The van der Waals surface area contributed by atoms with E-state index in [0.29, 0.717) is 11.6 Å². The van der Waals surface area contributed by atoms with E-state index in [1.165, 1.54) is 12.1 Å². The topological polar surface area (TPSA) is 37.0 Å². The highest BCUT2D eigenvalue weighted by Gasteiger charge is 2.04. The Labute approximate surface area is 172 Å². The van der Waals surface area contributed by atoms with E-state index in [2.05, 4.69) is 28.6 Å². The second-order valence-electron chi connectivity index (χ2n) is 6.34. The van der Waals surface area contributed by atoms with E-state index in [9.17, 15) is 4.39 Å². The summed E-state index contributed by atoms with van der Waals surface area (Å²) in [5.74, 6) is 0.586. The van der Waals surface area contributed by atoms with E-state index >= 15 is 0 Å². The Bertz CT molecular complexity index is 872. The van der Waals surface area contributed by atoms with Crippen molar-refractivity contribution < 1.29 is 4.39 Å². The van der Waals surface area contributed by atoms with Gasteiger partial charge in [-0.3, -0.25) is 0 Å². The zero-order chi connectivity index (χ0) is 20.4. The highest BCUT2D eigenvalue weighted by molar-refractivity contribution is 6.32. The average molecular weight is 400 g/mol. The van der Waals surface area contributed by atoms with Crippen molar-refractivity contribution in [2.24, 2.45) is 0 Å². The van der Waals surface area contributed by atoms with Crippen LogP contribution in [0.1, 0.15) is 38.3 Å². The molecule has 2 aromatic rings. The maximum Gasteiger partial charge on any atom is 0.126 e. The fourth-order valence-electron chi connectivity index (χ4n) is 2.67. The number of nitrogens with one attached hydrogen (secondary N) is 2. The smallest absolute Gasteiger partial charge is 0.126 e. The van der Waals surface area contributed by atoms with Crippen molar-refractivity contribution in [3.63, 3.8) is 0 Å². The average Bonchev–Trinajstić information content (AvgIpc) is 2.67. The molecule has 1 heterocycles. The third-order valence-electron chi connectivity index (χ3n) is 4.07. The molecular weight excluding hydrogens is 373 g/mol. The molecule has 2 rings (SSSR count). The van der Waals surface area contributed by atoms with Crippen LogP contribution in [-0.4, -0.2) is 11.5 Å². The Balaban J connectivity index is 2.08. The molecule has 0 bridgehead atoms. The van der Waals surface area contributed by atoms with E-state index in [0.717, 1.165) is 41.2 Å². The Morgan fingerprint density at radius 3 is 2.79 bits per heavy atom. The number of hydrogen-bond donors (Lipinski definition) is 2. The predicted molar refractivity (Wildman–Crippen MR) is 118 cm³/mol. The van der Waals surface area contributed by atoms with Gasteiger partial charge in [-0.1, -0.05) is 48.9 Å². The molecule has 0 saturated carbocycles. The standard InChI is InChI=1S/C23H27ClFN3/c1-4-8-20(27-15-18-10-7-11-19(25)13-18)12-6-9-17(3)21-14-23(26-5-2)28-16-22(21)24/h6-14,16,27H,4-5,15H2,1-3H3,(H,26,28)/b12-6-,17-9+,20-8-. The summed E-state index contributed by atoms with van der Waals surface area (Å²) in [4.78, 5) is 4.27. The molecular formula is C23H27ClFN3. The van der Waals surface area contributed by atoms with Crippen molar-refractivity contribution in [2.75, 3.05) is 11.9 Å². The van der Waals surface area contributed by atoms with E-state index < -0.39 is 0 Å². The van der Waals surface area contributed by atoms with Crippen molar-refractivity contribution in [1.82, 2.24) is 10.3 Å². The summed E-state index contributed by atoms with van der Waals surface area (Å²) in [6.45, 7) is 7.50. The van der Waals surface area contributed by atoms with Gasteiger partial charge in [-0.15, -0.1) is 0 Å². The Morgan fingerprint density at radius 1 is 1.25 bits per heavy atom. The van der Waals surface area contributed by atoms with Gasteiger partial charge >= 0.3 is 0 Å². The van der Waals surface area contributed by atoms with Gasteiger partial charge in [0.15, 0.2) is 0 Å². The number of aromatic nitrogens is 1. The summed E-state index contributed by atoms with van der Waals surface area (Å²) >= 11 is 6.30. The van der Waals surface area contributed by atoms with Crippen LogP contribution in [0.15, 0.2) is 66.5 Å². The van der Waals surface area contributed by atoms with Gasteiger partial charge in [-0.2, -0.15) is 0 Å². The number of pyridine rings is 1. The van der Waals surface area contributed by atoms with Crippen molar-refractivity contribution in [3.05, 3.63) is 88.5 Å². The minimum atomic E-state index is -0.222. The lowest BCUT2D eigenvalue weighted by Gasteiger charge is -2.09. The monoisotopic (exact) mass is 399 g/mol. The number of allylic oxidation sites excluding steroid dienone is 5. The van der Waals surface area contributed by atoms with Crippen LogP contribution in [-0.2, 0) is 6.54 Å². The molecule has 0 atom stereocenters. The van der Waals surface area contributed by atoms with Gasteiger partial charge in [0.2, 0.25) is 0 Å². The molecule has 2 N–H and O–H groups in total. The lowest BCUT2D eigenvalue weighted by atomic mass is 10.1. The van der Waals surface area contributed by atoms with E-state index in [1.54, 1.807) is 12.3 Å². The summed E-state index contributed by atoms with van der Waals surface area (Å²) in [6, 6.07) is 8.57. The molecule has 0 radical (unpaired) electrons. The largest absolute Gasteiger partial charge is 0.381 e.